The molecule has 0 aliphatic carbocycles. The molecule has 2 aromatic carbocycles. The molecule has 0 fully saturated rings. The average molecular weight is 355 g/mol. The molecular weight excluding hydrogens is 337 g/mol. The Hall–Kier alpha value is -2.47. The number of hydrogen-bond donors (Lipinski definition) is 1. The molecule has 0 bridgehead atoms. The SMILES string of the molecule is Cc1nc(S[C@H](C)C(=O)Nc2ccc(C)c(F)c2)c2ccccc2n1. The van der Waals surface area contributed by atoms with Crippen LogP contribution in [-0.2, 0) is 4.79 Å². The third kappa shape index (κ3) is 3.96. The fraction of sp³-hybridized carbons (Fsp3) is 0.211. The number of fused-ring (bicyclic) bond motifs is 1. The smallest absolute Gasteiger partial charge is 0.237 e. The highest BCUT2D eigenvalue weighted by molar-refractivity contribution is 8.00. The fourth-order valence-corrected chi connectivity index (χ4v) is 3.37. The van der Waals surface area contributed by atoms with E-state index in [1.54, 1.807) is 26.0 Å². The first-order valence-electron chi connectivity index (χ1n) is 7.91. The Morgan fingerprint density at radius 1 is 1.16 bits per heavy atom. The van der Waals surface area contributed by atoms with Gasteiger partial charge in [0.2, 0.25) is 5.91 Å². The Balaban J connectivity index is 1.78. The highest BCUT2D eigenvalue weighted by Crippen LogP contribution is 2.29. The number of aryl methyl sites for hydroxylation is 2. The van der Waals surface area contributed by atoms with Crippen LogP contribution in [0.25, 0.3) is 10.9 Å². The average Bonchev–Trinajstić information content (AvgIpc) is 2.58. The first kappa shape index (κ1) is 17.4. The van der Waals surface area contributed by atoms with Gasteiger partial charge in [0.15, 0.2) is 0 Å². The summed E-state index contributed by atoms with van der Waals surface area (Å²) >= 11 is 1.37. The van der Waals surface area contributed by atoms with Crippen molar-refractivity contribution in [1.29, 1.82) is 0 Å². The van der Waals surface area contributed by atoms with Gasteiger partial charge >= 0.3 is 0 Å². The summed E-state index contributed by atoms with van der Waals surface area (Å²) in [4.78, 5) is 21.3. The minimum atomic E-state index is -0.387. The molecule has 0 unspecified atom stereocenters. The molecular formula is C19H18FN3OS. The Morgan fingerprint density at radius 2 is 1.92 bits per heavy atom. The quantitative estimate of drug-likeness (QED) is 0.553. The first-order chi connectivity index (χ1) is 11.9. The van der Waals surface area contributed by atoms with Gasteiger partial charge in [0.25, 0.3) is 0 Å². The van der Waals surface area contributed by atoms with Crippen molar-refractivity contribution in [1.82, 2.24) is 9.97 Å². The zero-order valence-corrected chi connectivity index (χ0v) is 15.0. The van der Waals surface area contributed by atoms with Crippen LogP contribution in [0.15, 0.2) is 47.5 Å². The maximum Gasteiger partial charge on any atom is 0.237 e. The second kappa shape index (κ2) is 7.19. The van der Waals surface area contributed by atoms with Gasteiger partial charge in [0, 0.05) is 11.1 Å². The third-order valence-corrected chi connectivity index (χ3v) is 4.88. The van der Waals surface area contributed by atoms with E-state index in [0.717, 1.165) is 15.9 Å². The maximum absolute atomic E-state index is 13.6. The summed E-state index contributed by atoms with van der Waals surface area (Å²) < 4.78 is 13.6. The number of aromatic nitrogens is 2. The molecule has 128 valence electrons. The highest BCUT2D eigenvalue weighted by atomic mass is 32.2. The summed E-state index contributed by atoms with van der Waals surface area (Å²) in [5, 5.41) is 4.04. The molecule has 3 rings (SSSR count). The van der Waals surface area contributed by atoms with Crippen molar-refractivity contribution < 1.29 is 9.18 Å². The van der Waals surface area contributed by atoms with E-state index in [-0.39, 0.29) is 17.0 Å². The monoisotopic (exact) mass is 355 g/mol. The van der Waals surface area contributed by atoms with E-state index in [2.05, 4.69) is 15.3 Å². The van der Waals surface area contributed by atoms with Crippen LogP contribution in [0.5, 0.6) is 0 Å². The highest BCUT2D eigenvalue weighted by Gasteiger charge is 2.18. The number of amides is 1. The largest absolute Gasteiger partial charge is 0.325 e. The number of halogens is 1. The fourth-order valence-electron chi connectivity index (χ4n) is 2.38. The Kier molecular flexibility index (Phi) is 4.99. The first-order valence-corrected chi connectivity index (χ1v) is 8.79. The van der Waals surface area contributed by atoms with Crippen molar-refractivity contribution in [3.05, 3.63) is 59.7 Å². The lowest BCUT2D eigenvalue weighted by Crippen LogP contribution is -2.22. The molecule has 0 aliphatic rings. The summed E-state index contributed by atoms with van der Waals surface area (Å²) in [6, 6.07) is 12.4. The lowest BCUT2D eigenvalue weighted by molar-refractivity contribution is -0.115. The molecule has 1 atom stereocenters. The number of rotatable bonds is 4. The minimum Gasteiger partial charge on any atom is -0.325 e. The number of para-hydroxylation sites is 1. The number of nitrogens with one attached hydrogen (secondary N) is 1. The van der Waals surface area contributed by atoms with E-state index in [1.807, 2.05) is 31.2 Å². The summed E-state index contributed by atoms with van der Waals surface area (Å²) in [6.45, 7) is 5.31. The molecule has 1 aromatic heterocycles. The number of thioether (sulfide) groups is 1. The molecule has 1 N–H and O–H groups in total. The van der Waals surface area contributed by atoms with Gasteiger partial charge in [-0.3, -0.25) is 4.79 Å². The van der Waals surface area contributed by atoms with Crippen molar-refractivity contribution in [3.8, 4) is 0 Å². The van der Waals surface area contributed by atoms with Crippen LogP contribution in [0.3, 0.4) is 0 Å². The van der Waals surface area contributed by atoms with Crippen molar-refractivity contribution in [2.24, 2.45) is 0 Å². The van der Waals surface area contributed by atoms with Crippen molar-refractivity contribution in [3.63, 3.8) is 0 Å². The van der Waals surface area contributed by atoms with Crippen LogP contribution in [0, 0.1) is 19.7 Å². The molecule has 1 amide bonds. The molecule has 4 nitrogen and oxygen atoms in total. The van der Waals surface area contributed by atoms with Gasteiger partial charge in [-0.1, -0.05) is 36.0 Å². The molecule has 0 saturated heterocycles. The third-order valence-electron chi connectivity index (χ3n) is 3.78. The maximum atomic E-state index is 13.6. The van der Waals surface area contributed by atoms with E-state index in [9.17, 15) is 9.18 Å². The van der Waals surface area contributed by atoms with E-state index in [0.29, 0.717) is 17.1 Å². The number of carbonyl (C=O) groups excluding carboxylic acids is 1. The van der Waals surface area contributed by atoms with Crippen LogP contribution in [0.4, 0.5) is 10.1 Å². The number of carbonyl (C=O) groups is 1. The zero-order valence-electron chi connectivity index (χ0n) is 14.2. The van der Waals surface area contributed by atoms with E-state index >= 15 is 0 Å². The van der Waals surface area contributed by atoms with E-state index in [1.165, 1.54) is 17.8 Å². The summed E-state index contributed by atoms with van der Waals surface area (Å²) in [5.41, 5.74) is 1.85. The Labute approximate surface area is 149 Å². The van der Waals surface area contributed by atoms with Gasteiger partial charge in [0.1, 0.15) is 16.7 Å². The molecule has 0 aliphatic heterocycles. The lowest BCUT2D eigenvalue weighted by Gasteiger charge is -2.13. The van der Waals surface area contributed by atoms with E-state index < -0.39 is 0 Å². The second-order valence-corrected chi connectivity index (χ2v) is 7.14. The number of nitrogens with zero attached hydrogens (tertiary/aromatic N) is 2. The second-order valence-electron chi connectivity index (χ2n) is 5.81. The van der Waals surface area contributed by atoms with Gasteiger partial charge in [-0.2, -0.15) is 0 Å². The van der Waals surface area contributed by atoms with Crippen molar-refractivity contribution >= 4 is 34.3 Å². The van der Waals surface area contributed by atoms with Crippen molar-refractivity contribution in [2.75, 3.05) is 5.32 Å². The molecule has 0 radical (unpaired) electrons. The predicted molar refractivity (Wildman–Crippen MR) is 99.4 cm³/mol. The molecule has 3 aromatic rings. The Morgan fingerprint density at radius 3 is 2.68 bits per heavy atom. The molecule has 6 heteroatoms. The van der Waals surface area contributed by atoms with Crippen LogP contribution in [0.1, 0.15) is 18.3 Å². The van der Waals surface area contributed by atoms with Gasteiger partial charge in [-0.15, -0.1) is 0 Å². The summed E-state index contributed by atoms with van der Waals surface area (Å²) in [6.07, 6.45) is 0. The van der Waals surface area contributed by atoms with Crippen LogP contribution < -0.4 is 5.32 Å². The predicted octanol–water partition coefficient (Wildman–Crippen LogP) is 4.51. The van der Waals surface area contributed by atoms with Gasteiger partial charge in [-0.25, -0.2) is 14.4 Å². The van der Waals surface area contributed by atoms with Crippen LogP contribution >= 0.6 is 11.8 Å². The summed E-state index contributed by atoms with van der Waals surface area (Å²) in [5.74, 6) is 0.124. The lowest BCUT2D eigenvalue weighted by atomic mass is 10.2. The normalized spacial score (nSPS) is 12.2. The zero-order chi connectivity index (χ0) is 18.0. The van der Waals surface area contributed by atoms with Gasteiger partial charge in [-0.05, 0) is 44.5 Å². The molecule has 1 heterocycles. The molecule has 0 spiro atoms. The van der Waals surface area contributed by atoms with Crippen LogP contribution in [-0.4, -0.2) is 21.1 Å². The minimum absolute atomic E-state index is 0.200. The van der Waals surface area contributed by atoms with Gasteiger partial charge < -0.3 is 5.32 Å². The molecule has 0 saturated carbocycles. The molecule has 25 heavy (non-hydrogen) atoms. The van der Waals surface area contributed by atoms with Gasteiger partial charge in [0.05, 0.1) is 10.8 Å². The standard InChI is InChI=1S/C19H18FN3OS/c1-11-8-9-14(10-16(11)20)23-18(24)12(2)25-19-15-6-4-5-7-17(15)21-13(3)22-19/h4-10,12H,1-3H3,(H,23,24)/t12-/m1/s1. The Bertz CT molecular complexity index is 945. The number of benzene rings is 2. The topological polar surface area (TPSA) is 54.9 Å². The van der Waals surface area contributed by atoms with Crippen molar-refractivity contribution in [2.45, 2.75) is 31.0 Å². The number of anilines is 1. The van der Waals surface area contributed by atoms with E-state index in [4.69, 9.17) is 0 Å². The van der Waals surface area contributed by atoms with Crippen LogP contribution in [0.2, 0.25) is 0 Å². The number of hydrogen-bond acceptors (Lipinski definition) is 4. The summed E-state index contributed by atoms with van der Waals surface area (Å²) in [7, 11) is 0.